The number of carbonyl (C=O) groups excluding carboxylic acids is 1. The molecule has 0 fully saturated rings. The molecule has 25 heteroatoms. The molecule has 3 aromatic carbocycles. The molecule has 0 aliphatic heterocycles. The zero-order valence-corrected chi connectivity index (χ0v) is 34.1. The molecule has 4 rings (SSSR count). The molecule has 0 aliphatic rings. The van der Waals surface area contributed by atoms with Crippen LogP contribution in [0, 0.1) is 0 Å². The molecule has 18 nitrogen and oxygen atoms in total. The van der Waals surface area contributed by atoms with E-state index < -0.39 is 44.3 Å². The number of aromatic hydroxyl groups is 1. The van der Waals surface area contributed by atoms with Crippen LogP contribution in [0.3, 0.4) is 0 Å². The molecule has 4 aromatic rings. The Morgan fingerprint density at radius 2 is 1.72 bits per heavy atom. The van der Waals surface area contributed by atoms with Gasteiger partial charge in [-0.05, 0) is 71.1 Å². The number of phenols is 1. The van der Waals surface area contributed by atoms with E-state index in [9.17, 15) is 36.5 Å². The summed E-state index contributed by atoms with van der Waals surface area (Å²) in [6.45, 7) is -1.09. The van der Waals surface area contributed by atoms with Crippen LogP contribution in [0.5, 0.6) is 5.75 Å². The van der Waals surface area contributed by atoms with Crippen LogP contribution in [0.25, 0.3) is 10.8 Å². The standard InChI is InChI=1S/C25H23Cl2N7O11S3.2Na/c1-34(7-9-47(38,39)10-8-43-48(40,41)42)22(36)14-3-2-4-17(11-14)32-33-20-19(46-45-44-37)13-15-12-16(5-6-18(15)21(20)35)28-25-30-23(26)29-24(27)31-25;;/h2-6,11-13,35,37H,7-10H2,1H3,(H,40,41,42)(H,28,29,30,31);;/q;2*+1/p-2. The third kappa shape index (κ3) is 13.3. The minimum Gasteiger partial charge on any atom is -0.726 e. The summed E-state index contributed by atoms with van der Waals surface area (Å²) in [5.74, 6) is -2.10. The van der Waals surface area contributed by atoms with Gasteiger partial charge < -0.3 is 25.1 Å². The summed E-state index contributed by atoms with van der Waals surface area (Å²) < 4.78 is 64.2. The van der Waals surface area contributed by atoms with Gasteiger partial charge in [0.2, 0.25) is 26.9 Å². The number of fused-ring (bicyclic) bond motifs is 1. The summed E-state index contributed by atoms with van der Waals surface area (Å²) in [5, 5.41) is 36.8. The van der Waals surface area contributed by atoms with Crippen LogP contribution in [0.1, 0.15) is 10.4 Å². The largest absolute Gasteiger partial charge is 1.00 e. The molecule has 1 aromatic heterocycles. The molecule has 0 bridgehead atoms. The van der Waals surface area contributed by atoms with E-state index in [0.29, 0.717) is 28.5 Å². The first-order valence-electron chi connectivity index (χ1n) is 13.0. The molecule has 0 saturated carbocycles. The van der Waals surface area contributed by atoms with Crippen molar-refractivity contribution in [3.8, 4) is 5.75 Å². The summed E-state index contributed by atoms with van der Waals surface area (Å²) in [6, 6.07) is 12.1. The van der Waals surface area contributed by atoms with Crippen LogP contribution in [0.4, 0.5) is 23.0 Å². The number of sulfone groups is 1. The van der Waals surface area contributed by atoms with Gasteiger partial charge in [-0.25, -0.2) is 16.8 Å². The van der Waals surface area contributed by atoms with Gasteiger partial charge in [-0.1, -0.05) is 6.07 Å². The van der Waals surface area contributed by atoms with Crippen molar-refractivity contribution < 1.29 is 109 Å². The first-order chi connectivity index (χ1) is 22.6. The summed E-state index contributed by atoms with van der Waals surface area (Å²) in [7, 11) is -7.53. The SMILES string of the molecule is CN(CCS(=O)(=O)CCOS(=O)(=O)[O-])C(=O)c1cccc(N=Nc2c(SOO[O-])cc3cc(Nc4nc(Cl)nc(Cl)n4)ccc3c2O)c1.[Na+].[Na+]. The summed E-state index contributed by atoms with van der Waals surface area (Å²) in [6.07, 6.45) is 0. The first-order valence-corrected chi connectivity index (χ1v) is 17.6. The smallest absolute Gasteiger partial charge is 0.726 e. The molecule has 1 amide bonds. The number of rotatable bonds is 15. The van der Waals surface area contributed by atoms with Gasteiger partial charge in [0.25, 0.3) is 5.91 Å². The van der Waals surface area contributed by atoms with Crippen LogP contribution >= 0.6 is 35.2 Å². The van der Waals surface area contributed by atoms with Crippen molar-refractivity contribution in [1.29, 1.82) is 0 Å². The normalized spacial score (nSPS) is 11.6. The number of phenolic OH excluding ortho intramolecular Hbond substituents is 1. The van der Waals surface area contributed by atoms with Gasteiger partial charge in [0.1, 0.15) is 5.69 Å². The fraction of sp³-hybridized carbons (Fsp3) is 0.200. The second kappa shape index (κ2) is 19.9. The molecule has 2 N–H and O–H groups in total. The van der Waals surface area contributed by atoms with Crippen LogP contribution in [0.15, 0.2) is 63.7 Å². The average molecular weight is 809 g/mol. The number of aromatic nitrogens is 3. The number of benzene rings is 3. The minimum atomic E-state index is -5.04. The third-order valence-corrected chi connectivity index (χ3v) is 9.11. The average Bonchev–Trinajstić information content (AvgIpc) is 3.00. The van der Waals surface area contributed by atoms with Crippen molar-refractivity contribution in [1.82, 2.24) is 19.9 Å². The number of hydrogen-bond acceptors (Lipinski definition) is 18. The van der Waals surface area contributed by atoms with Crippen molar-refractivity contribution in [2.24, 2.45) is 10.2 Å². The number of nitrogens with one attached hydrogen (secondary N) is 1. The molecule has 50 heavy (non-hydrogen) atoms. The Bertz CT molecular complexity index is 2070. The Morgan fingerprint density at radius 1 is 1.02 bits per heavy atom. The fourth-order valence-corrected chi connectivity index (χ4v) is 6.27. The van der Waals surface area contributed by atoms with Crippen molar-refractivity contribution in [3.63, 3.8) is 0 Å². The molecule has 0 unspecified atom stereocenters. The second-order valence-corrected chi connectivity index (χ2v) is 14.2. The maximum atomic E-state index is 13.0. The number of anilines is 2. The van der Waals surface area contributed by atoms with Gasteiger partial charge in [0.05, 0.1) is 40.7 Å². The number of halogens is 2. The van der Waals surface area contributed by atoms with E-state index in [1.54, 1.807) is 18.2 Å². The van der Waals surface area contributed by atoms with Gasteiger partial charge in [-0.15, -0.1) is 5.11 Å². The zero-order valence-electron chi connectivity index (χ0n) is 26.1. The van der Waals surface area contributed by atoms with Crippen LogP contribution in [-0.2, 0) is 33.8 Å². The third-order valence-electron chi connectivity index (χ3n) is 6.10. The molecular weight excluding hydrogens is 787 g/mol. The Labute approximate surface area is 343 Å². The molecular formula is C25H21Cl2N7Na2O11S3. The first kappa shape index (κ1) is 44.4. The van der Waals surface area contributed by atoms with Gasteiger partial charge in [0.15, 0.2) is 15.6 Å². The Morgan fingerprint density at radius 3 is 2.38 bits per heavy atom. The number of amides is 1. The second-order valence-electron chi connectivity index (χ2n) is 9.41. The van der Waals surface area contributed by atoms with Gasteiger partial charge in [-0.3, -0.25) is 14.0 Å². The van der Waals surface area contributed by atoms with E-state index in [1.165, 1.54) is 37.4 Å². The van der Waals surface area contributed by atoms with Crippen molar-refractivity contribution >= 4 is 95.2 Å². The van der Waals surface area contributed by atoms with Crippen LogP contribution in [0.2, 0.25) is 10.6 Å². The Hall–Kier alpha value is -1.77. The number of nitrogens with zero attached hydrogens (tertiary/aromatic N) is 6. The molecule has 0 aliphatic carbocycles. The van der Waals surface area contributed by atoms with Crippen molar-refractivity contribution in [2.45, 2.75) is 4.90 Å². The van der Waals surface area contributed by atoms with Crippen LogP contribution < -0.4 is 69.7 Å². The Kier molecular flexibility index (Phi) is 17.7. The van der Waals surface area contributed by atoms with Crippen molar-refractivity contribution in [3.05, 3.63) is 64.7 Å². The maximum absolute atomic E-state index is 13.0. The maximum Gasteiger partial charge on any atom is 1.00 e. The summed E-state index contributed by atoms with van der Waals surface area (Å²) in [4.78, 5) is 25.7. The fourth-order valence-electron chi connectivity index (χ4n) is 3.92. The van der Waals surface area contributed by atoms with Gasteiger partial charge >= 0.3 is 59.1 Å². The molecule has 1 heterocycles. The van der Waals surface area contributed by atoms with E-state index >= 15 is 0 Å². The number of azo groups is 1. The van der Waals surface area contributed by atoms with E-state index in [1.807, 2.05) is 0 Å². The van der Waals surface area contributed by atoms with Crippen LogP contribution in [-0.4, -0.2) is 84.0 Å². The van der Waals surface area contributed by atoms with E-state index in [2.05, 4.69) is 44.1 Å². The van der Waals surface area contributed by atoms with Crippen molar-refractivity contribution in [2.75, 3.05) is 37.0 Å². The topological polar surface area (TPSA) is 258 Å². The monoisotopic (exact) mass is 807 g/mol. The minimum absolute atomic E-state index is 0. The molecule has 0 spiro atoms. The zero-order chi connectivity index (χ0) is 35.1. The van der Waals surface area contributed by atoms with E-state index in [4.69, 9.17) is 23.2 Å². The predicted octanol–water partition coefficient (Wildman–Crippen LogP) is -2.60. The summed E-state index contributed by atoms with van der Waals surface area (Å²) in [5.41, 5.74) is 0.658. The quantitative estimate of drug-likeness (QED) is 0.0237. The Balaban J connectivity index is 0.00000433. The van der Waals surface area contributed by atoms with Gasteiger partial charge in [0, 0.05) is 30.2 Å². The molecule has 0 saturated heterocycles. The summed E-state index contributed by atoms with van der Waals surface area (Å²) >= 11 is 12.1. The number of carbonyl (C=O) groups is 1. The van der Waals surface area contributed by atoms with E-state index in [0.717, 1.165) is 4.90 Å². The number of hydrogen-bond donors (Lipinski definition) is 2. The molecule has 0 radical (unpaired) electrons. The predicted molar refractivity (Wildman–Crippen MR) is 169 cm³/mol. The molecule has 0 atom stereocenters. The van der Waals surface area contributed by atoms with Gasteiger partial charge in [-0.2, -0.15) is 24.4 Å². The van der Waals surface area contributed by atoms with E-state index in [-0.39, 0.29) is 110 Å². The molecule has 256 valence electrons.